The number of ketones is 1. The van der Waals surface area contributed by atoms with Crippen molar-refractivity contribution < 1.29 is 4.79 Å². The number of nitrogens with one attached hydrogen (secondary N) is 1. The number of para-hydroxylation sites is 1. The first kappa shape index (κ1) is 10.5. The van der Waals surface area contributed by atoms with Gasteiger partial charge in [-0.1, -0.05) is 24.3 Å². The molecule has 0 radical (unpaired) electrons. The Balaban J connectivity index is 2.10. The molecule has 0 bridgehead atoms. The van der Waals surface area contributed by atoms with Gasteiger partial charge in [-0.2, -0.15) is 5.10 Å². The first-order valence-corrected chi connectivity index (χ1v) is 5.45. The minimum atomic E-state index is -0.230. The van der Waals surface area contributed by atoms with Crippen molar-refractivity contribution in [3.8, 4) is 0 Å². The monoisotopic (exact) mass is 238 g/mol. The van der Waals surface area contributed by atoms with Crippen LogP contribution in [0.25, 0.3) is 10.9 Å². The number of fused-ring (bicyclic) bond motifs is 1. The zero-order valence-corrected chi connectivity index (χ0v) is 9.42. The number of nitrogens with two attached hydrogens (primary N) is 1. The fourth-order valence-electron chi connectivity index (χ4n) is 1.81. The number of carbonyl (C=O) groups is 1. The molecule has 5 nitrogen and oxygen atoms in total. The number of H-pyrrole nitrogens is 1. The fourth-order valence-corrected chi connectivity index (χ4v) is 1.81. The molecule has 0 aliphatic carbocycles. The van der Waals surface area contributed by atoms with Crippen LogP contribution in [0.15, 0.2) is 42.6 Å². The lowest BCUT2D eigenvalue weighted by Gasteiger charge is -2.01. The lowest BCUT2D eigenvalue weighted by molar-refractivity contribution is 0.103. The number of nitrogen functional groups attached to an aromatic ring is 1. The lowest BCUT2D eigenvalue weighted by atomic mass is 10.1. The third-order valence-electron chi connectivity index (χ3n) is 2.74. The molecule has 2 aromatic heterocycles. The number of hydrogen-bond donors (Lipinski definition) is 2. The molecule has 0 amide bonds. The molecule has 0 saturated carbocycles. The number of aromatic amines is 1. The van der Waals surface area contributed by atoms with Crippen molar-refractivity contribution in [1.29, 1.82) is 0 Å². The van der Waals surface area contributed by atoms with Crippen LogP contribution in [0.2, 0.25) is 0 Å². The van der Waals surface area contributed by atoms with Crippen molar-refractivity contribution in [3.63, 3.8) is 0 Å². The molecule has 3 aromatic rings. The standard InChI is InChI=1S/C13H10N4O/c14-13-9(7-15-17-13)12(18)11-6-5-8-3-1-2-4-10(8)16-11/h1-7H,(H3,14,15,17). The Labute approximate surface area is 103 Å². The van der Waals surface area contributed by atoms with Gasteiger partial charge in [0, 0.05) is 5.39 Å². The first-order valence-electron chi connectivity index (χ1n) is 5.45. The van der Waals surface area contributed by atoms with E-state index in [-0.39, 0.29) is 11.6 Å². The first-order chi connectivity index (χ1) is 8.75. The zero-order valence-electron chi connectivity index (χ0n) is 9.42. The Hall–Kier alpha value is -2.69. The van der Waals surface area contributed by atoms with Gasteiger partial charge in [-0.05, 0) is 12.1 Å². The summed E-state index contributed by atoms with van der Waals surface area (Å²) < 4.78 is 0. The van der Waals surface area contributed by atoms with Gasteiger partial charge in [0.2, 0.25) is 5.78 Å². The lowest BCUT2D eigenvalue weighted by Crippen LogP contribution is -2.05. The third kappa shape index (κ3) is 1.62. The Morgan fingerprint density at radius 1 is 1.17 bits per heavy atom. The van der Waals surface area contributed by atoms with E-state index in [2.05, 4.69) is 15.2 Å². The number of rotatable bonds is 2. The molecule has 0 atom stereocenters. The van der Waals surface area contributed by atoms with Crippen molar-refractivity contribution in [2.75, 3.05) is 5.73 Å². The van der Waals surface area contributed by atoms with Gasteiger partial charge >= 0.3 is 0 Å². The number of hydrogen-bond acceptors (Lipinski definition) is 4. The topological polar surface area (TPSA) is 84.7 Å². The second-order valence-corrected chi connectivity index (χ2v) is 3.92. The maximum absolute atomic E-state index is 12.2. The van der Waals surface area contributed by atoms with Gasteiger partial charge < -0.3 is 5.73 Å². The summed E-state index contributed by atoms with van der Waals surface area (Å²) in [7, 11) is 0. The van der Waals surface area contributed by atoms with Crippen LogP contribution in [0.1, 0.15) is 16.1 Å². The molecule has 3 rings (SSSR count). The van der Waals surface area contributed by atoms with Crippen molar-refractivity contribution in [2.45, 2.75) is 0 Å². The van der Waals surface area contributed by atoms with Gasteiger partial charge in [0.15, 0.2) is 0 Å². The zero-order chi connectivity index (χ0) is 12.5. The molecule has 0 aliphatic rings. The summed E-state index contributed by atoms with van der Waals surface area (Å²) in [6.07, 6.45) is 1.41. The second-order valence-electron chi connectivity index (χ2n) is 3.92. The number of benzene rings is 1. The Morgan fingerprint density at radius 3 is 2.78 bits per heavy atom. The maximum Gasteiger partial charge on any atom is 0.216 e. The maximum atomic E-state index is 12.2. The average molecular weight is 238 g/mol. The molecule has 0 aliphatic heterocycles. The highest BCUT2D eigenvalue weighted by molar-refractivity contribution is 6.11. The van der Waals surface area contributed by atoms with E-state index in [0.29, 0.717) is 11.3 Å². The van der Waals surface area contributed by atoms with E-state index >= 15 is 0 Å². The van der Waals surface area contributed by atoms with Gasteiger partial charge in [-0.3, -0.25) is 9.89 Å². The van der Waals surface area contributed by atoms with Crippen LogP contribution in [0.4, 0.5) is 5.82 Å². The Bertz CT molecular complexity index is 732. The number of nitrogens with zero attached hydrogens (tertiary/aromatic N) is 2. The molecule has 0 fully saturated rings. The summed E-state index contributed by atoms with van der Waals surface area (Å²) in [5.74, 6) is 0.0296. The summed E-state index contributed by atoms with van der Waals surface area (Å²) in [6, 6.07) is 11.2. The molecular formula is C13H10N4O. The van der Waals surface area contributed by atoms with E-state index in [1.807, 2.05) is 30.3 Å². The van der Waals surface area contributed by atoms with E-state index in [0.717, 1.165) is 10.9 Å². The predicted molar refractivity (Wildman–Crippen MR) is 68.2 cm³/mol. The fraction of sp³-hybridized carbons (Fsp3) is 0. The van der Waals surface area contributed by atoms with Crippen LogP contribution in [-0.2, 0) is 0 Å². The van der Waals surface area contributed by atoms with Gasteiger partial charge in [0.05, 0.1) is 17.3 Å². The Morgan fingerprint density at radius 2 is 2.00 bits per heavy atom. The highest BCUT2D eigenvalue weighted by Crippen LogP contribution is 2.16. The van der Waals surface area contributed by atoms with E-state index in [4.69, 9.17) is 5.73 Å². The van der Waals surface area contributed by atoms with Gasteiger partial charge in [0.25, 0.3) is 0 Å². The van der Waals surface area contributed by atoms with Crippen molar-refractivity contribution in [2.24, 2.45) is 0 Å². The molecule has 0 spiro atoms. The van der Waals surface area contributed by atoms with E-state index < -0.39 is 0 Å². The van der Waals surface area contributed by atoms with Crippen molar-refractivity contribution in [3.05, 3.63) is 53.9 Å². The van der Waals surface area contributed by atoms with Crippen LogP contribution in [0.3, 0.4) is 0 Å². The summed E-state index contributed by atoms with van der Waals surface area (Å²) in [5, 5.41) is 7.26. The SMILES string of the molecule is Nc1[nH]ncc1C(=O)c1ccc2ccccc2n1. The normalized spacial score (nSPS) is 10.7. The van der Waals surface area contributed by atoms with Crippen LogP contribution >= 0.6 is 0 Å². The van der Waals surface area contributed by atoms with Gasteiger partial charge in [-0.25, -0.2) is 4.98 Å². The molecule has 88 valence electrons. The smallest absolute Gasteiger partial charge is 0.216 e. The molecule has 1 aromatic carbocycles. The molecular weight excluding hydrogens is 228 g/mol. The van der Waals surface area contributed by atoms with Crippen LogP contribution in [-0.4, -0.2) is 21.0 Å². The number of anilines is 1. The van der Waals surface area contributed by atoms with E-state index in [9.17, 15) is 4.79 Å². The molecule has 2 heterocycles. The summed E-state index contributed by atoms with van der Waals surface area (Å²) in [5.41, 5.74) is 7.12. The summed E-state index contributed by atoms with van der Waals surface area (Å²) >= 11 is 0. The van der Waals surface area contributed by atoms with Gasteiger partial charge in [0.1, 0.15) is 11.5 Å². The average Bonchev–Trinajstić information content (AvgIpc) is 2.83. The highest BCUT2D eigenvalue weighted by Gasteiger charge is 2.15. The molecule has 0 saturated heterocycles. The number of carbonyl (C=O) groups excluding carboxylic acids is 1. The van der Waals surface area contributed by atoms with E-state index in [1.165, 1.54) is 6.20 Å². The Kier molecular flexibility index (Phi) is 2.30. The largest absolute Gasteiger partial charge is 0.383 e. The minimum absolute atomic E-state index is 0.230. The minimum Gasteiger partial charge on any atom is -0.383 e. The van der Waals surface area contributed by atoms with E-state index in [1.54, 1.807) is 6.07 Å². The summed E-state index contributed by atoms with van der Waals surface area (Å²) in [4.78, 5) is 16.5. The van der Waals surface area contributed by atoms with Crippen LogP contribution in [0, 0.1) is 0 Å². The second kappa shape index (κ2) is 3.96. The van der Waals surface area contributed by atoms with Crippen molar-refractivity contribution in [1.82, 2.24) is 15.2 Å². The third-order valence-corrected chi connectivity index (χ3v) is 2.74. The quantitative estimate of drug-likeness (QED) is 0.666. The van der Waals surface area contributed by atoms with Gasteiger partial charge in [-0.15, -0.1) is 0 Å². The van der Waals surface area contributed by atoms with Crippen LogP contribution < -0.4 is 5.73 Å². The van der Waals surface area contributed by atoms with Crippen molar-refractivity contribution >= 4 is 22.5 Å². The molecule has 3 N–H and O–H groups in total. The molecule has 18 heavy (non-hydrogen) atoms. The number of pyridine rings is 1. The molecule has 5 heteroatoms. The van der Waals surface area contributed by atoms with Crippen LogP contribution in [0.5, 0.6) is 0 Å². The number of aromatic nitrogens is 3. The predicted octanol–water partition coefficient (Wildman–Crippen LogP) is 1.77. The molecule has 0 unspecified atom stereocenters. The highest BCUT2D eigenvalue weighted by atomic mass is 16.1. The summed E-state index contributed by atoms with van der Waals surface area (Å²) in [6.45, 7) is 0.